The van der Waals surface area contributed by atoms with E-state index in [1.54, 1.807) is 0 Å². The smallest absolute Gasteiger partial charge is 0.326 e. The van der Waals surface area contributed by atoms with Crippen LogP contribution in [0.2, 0.25) is 0 Å². The Hall–Kier alpha value is -2.09. The molecule has 2 heteroatoms. The van der Waals surface area contributed by atoms with E-state index >= 15 is 0 Å². The number of fused-ring (bicyclic) bond motifs is 1. The molecule has 1 heterocycles. The summed E-state index contributed by atoms with van der Waals surface area (Å²) in [6, 6.07) is 10.3. The summed E-state index contributed by atoms with van der Waals surface area (Å²) < 4.78 is 5.59. The Bertz CT molecular complexity index is 758. The lowest BCUT2D eigenvalue weighted by Crippen LogP contribution is -2.31. The summed E-state index contributed by atoms with van der Waals surface area (Å²) in [5.41, 5.74) is 5.86. The predicted octanol–water partition coefficient (Wildman–Crippen LogP) is 4.15. The van der Waals surface area contributed by atoms with Crippen LogP contribution in [0.15, 0.2) is 30.3 Å². The molecule has 0 bridgehead atoms. The Morgan fingerprint density at radius 1 is 0.905 bits per heavy atom. The number of carbonyl (C=O) groups is 1. The van der Waals surface area contributed by atoms with Gasteiger partial charge in [0.05, 0.1) is 0 Å². The molecule has 2 nitrogen and oxygen atoms in total. The van der Waals surface area contributed by atoms with Crippen LogP contribution in [0, 0.1) is 27.7 Å². The first-order valence-corrected chi connectivity index (χ1v) is 7.26. The van der Waals surface area contributed by atoms with E-state index in [4.69, 9.17) is 4.74 Å². The summed E-state index contributed by atoms with van der Waals surface area (Å²) >= 11 is 0. The maximum absolute atomic E-state index is 12.6. The van der Waals surface area contributed by atoms with Crippen molar-refractivity contribution < 1.29 is 9.53 Å². The summed E-state index contributed by atoms with van der Waals surface area (Å²) in [4.78, 5) is 12.6. The van der Waals surface area contributed by atoms with Crippen LogP contribution in [0.4, 0.5) is 0 Å². The Morgan fingerprint density at radius 3 is 2.29 bits per heavy atom. The SMILES string of the molecule is Cc1cc(C)c2c(c1)C(C)(c1ccc(C)c(C)c1)C(=O)O2. The number of carbonyl (C=O) groups excluding carboxylic acids is 1. The van der Waals surface area contributed by atoms with E-state index in [1.165, 1.54) is 11.1 Å². The van der Waals surface area contributed by atoms with E-state index in [9.17, 15) is 4.79 Å². The molecule has 0 aromatic heterocycles. The molecule has 1 aliphatic heterocycles. The van der Waals surface area contributed by atoms with Crippen LogP contribution < -0.4 is 4.74 Å². The van der Waals surface area contributed by atoms with E-state index in [1.807, 2.05) is 19.9 Å². The number of benzene rings is 2. The van der Waals surface area contributed by atoms with Crippen LogP contribution in [0.1, 0.15) is 40.3 Å². The minimum absolute atomic E-state index is 0.186. The standard InChI is InChI=1S/C19H20O2/c1-11-8-14(4)17-16(9-11)19(5,18(20)21-17)15-7-6-12(2)13(3)10-15/h6-10H,1-5H3. The molecule has 2 aromatic carbocycles. The van der Waals surface area contributed by atoms with Gasteiger partial charge in [-0.1, -0.05) is 35.9 Å². The third kappa shape index (κ3) is 1.90. The first-order valence-electron chi connectivity index (χ1n) is 7.26. The average Bonchev–Trinajstić information content (AvgIpc) is 2.67. The summed E-state index contributed by atoms with van der Waals surface area (Å²) in [7, 11) is 0. The topological polar surface area (TPSA) is 26.3 Å². The molecule has 0 aliphatic carbocycles. The van der Waals surface area contributed by atoms with Gasteiger partial charge in [-0.15, -0.1) is 0 Å². The highest BCUT2D eigenvalue weighted by Crippen LogP contribution is 2.46. The first kappa shape index (κ1) is 13.9. The molecule has 3 rings (SSSR count). The van der Waals surface area contributed by atoms with Crippen molar-refractivity contribution in [1.29, 1.82) is 0 Å². The summed E-state index contributed by atoms with van der Waals surface area (Å²) in [5.74, 6) is 0.542. The zero-order chi connectivity index (χ0) is 15.4. The van der Waals surface area contributed by atoms with Gasteiger partial charge in [0.15, 0.2) is 0 Å². The van der Waals surface area contributed by atoms with E-state index in [0.717, 1.165) is 28.0 Å². The highest BCUT2D eigenvalue weighted by atomic mass is 16.5. The number of hydrogen-bond acceptors (Lipinski definition) is 2. The van der Waals surface area contributed by atoms with Crippen LogP contribution in [0.5, 0.6) is 5.75 Å². The molecule has 21 heavy (non-hydrogen) atoms. The predicted molar refractivity (Wildman–Crippen MR) is 83.9 cm³/mol. The molecule has 108 valence electrons. The Kier molecular flexibility index (Phi) is 2.94. The fourth-order valence-corrected chi connectivity index (χ4v) is 3.09. The third-order valence-electron chi connectivity index (χ3n) is 4.64. The van der Waals surface area contributed by atoms with Gasteiger partial charge in [0, 0.05) is 5.56 Å². The molecule has 0 N–H and O–H groups in total. The van der Waals surface area contributed by atoms with Crippen molar-refractivity contribution in [2.45, 2.75) is 40.0 Å². The molecular weight excluding hydrogens is 260 g/mol. The number of hydrogen-bond donors (Lipinski definition) is 0. The lowest BCUT2D eigenvalue weighted by molar-refractivity contribution is -0.136. The quantitative estimate of drug-likeness (QED) is 0.579. The second-order valence-electron chi connectivity index (χ2n) is 6.27. The Balaban J connectivity index is 2.27. The molecular formula is C19H20O2. The largest absolute Gasteiger partial charge is 0.425 e. The zero-order valence-electron chi connectivity index (χ0n) is 13.2. The molecule has 1 atom stereocenters. The van der Waals surface area contributed by atoms with Gasteiger partial charge in [-0.3, -0.25) is 4.79 Å². The van der Waals surface area contributed by atoms with Crippen LogP contribution in [0.3, 0.4) is 0 Å². The molecule has 0 fully saturated rings. The maximum Gasteiger partial charge on any atom is 0.326 e. The Labute approximate surface area is 125 Å². The van der Waals surface area contributed by atoms with Crippen molar-refractivity contribution in [3.8, 4) is 5.75 Å². The lowest BCUT2D eigenvalue weighted by atomic mass is 9.76. The number of esters is 1. The van der Waals surface area contributed by atoms with Gasteiger partial charge in [0.25, 0.3) is 0 Å². The molecule has 1 aliphatic rings. The molecule has 0 amide bonds. The van der Waals surface area contributed by atoms with Gasteiger partial charge < -0.3 is 4.74 Å². The zero-order valence-corrected chi connectivity index (χ0v) is 13.2. The Morgan fingerprint density at radius 2 is 1.62 bits per heavy atom. The molecule has 0 saturated carbocycles. The van der Waals surface area contributed by atoms with Gasteiger partial charge in [0.2, 0.25) is 0 Å². The number of rotatable bonds is 1. The van der Waals surface area contributed by atoms with Gasteiger partial charge in [-0.25, -0.2) is 0 Å². The number of aryl methyl sites for hydroxylation is 4. The summed E-state index contributed by atoms with van der Waals surface area (Å²) in [6.07, 6.45) is 0. The van der Waals surface area contributed by atoms with Crippen LogP contribution in [-0.4, -0.2) is 5.97 Å². The van der Waals surface area contributed by atoms with E-state index < -0.39 is 5.41 Å². The molecule has 2 aromatic rings. The highest BCUT2D eigenvalue weighted by Gasteiger charge is 2.47. The molecule has 0 spiro atoms. The molecule has 0 radical (unpaired) electrons. The van der Waals surface area contributed by atoms with E-state index in [-0.39, 0.29) is 5.97 Å². The van der Waals surface area contributed by atoms with Crippen molar-refractivity contribution in [3.63, 3.8) is 0 Å². The maximum atomic E-state index is 12.6. The minimum Gasteiger partial charge on any atom is -0.425 e. The number of ether oxygens (including phenoxy) is 1. The first-order chi connectivity index (χ1) is 9.84. The second kappa shape index (κ2) is 4.45. The minimum atomic E-state index is -0.718. The molecule has 0 saturated heterocycles. The highest BCUT2D eigenvalue weighted by molar-refractivity contribution is 5.94. The van der Waals surface area contributed by atoms with Crippen molar-refractivity contribution in [2.24, 2.45) is 0 Å². The van der Waals surface area contributed by atoms with Gasteiger partial charge in [-0.2, -0.15) is 0 Å². The van der Waals surface area contributed by atoms with Crippen molar-refractivity contribution >= 4 is 5.97 Å². The lowest BCUT2D eigenvalue weighted by Gasteiger charge is -2.22. The van der Waals surface area contributed by atoms with E-state index in [0.29, 0.717) is 0 Å². The monoisotopic (exact) mass is 280 g/mol. The van der Waals surface area contributed by atoms with Crippen molar-refractivity contribution in [3.05, 3.63) is 63.7 Å². The third-order valence-corrected chi connectivity index (χ3v) is 4.64. The fraction of sp³-hybridized carbons (Fsp3) is 0.316. The van der Waals surface area contributed by atoms with E-state index in [2.05, 4.69) is 45.0 Å². The van der Waals surface area contributed by atoms with Crippen LogP contribution in [0.25, 0.3) is 0 Å². The molecule has 1 unspecified atom stereocenters. The van der Waals surface area contributed by atoms with Crippen LogP contribution >= 0.6 is 0 Å². The van der Waals surface area contributed by atoms with Gasteiger partial charge in [-0.05, 0) is 56.9 Å². The average molecular weight is 280 g/mol. The van der Waals surface area contributed by atoms with Crippen molar-refractivity contribution in [2.75, 3.05) is 0 Å². The van der Waals surface area contributed by atoms with Crippen molar-refractivity contribution in [1.82, 2.24) is 0 Å². The van der Waals surface area contributed by atoms with Gasteiger partial charge >= 0.3 is 5.97 Å². The van der Waals surface area contributed by atoms with Crippen LogP contribution in [-0.2, 0) is 10.2 Å². The van der Waals surface area contributed by atoms with Gasteiger partial charge in [0.1, 0.15) is 11.2 Å². The second-order valence-corrected chi connectivity index (χ2v) is 6.27. The fourth-order valence-electron chi connectivity index (χ4n) is 3.09. The summed E-state index contributed by atoms with van der Waals surface area (Å²) in [5, 5.41) is 0. The normalized spacial score (nSPS) is 20.3. The summed E-state index contributed by atoms with van der Waals surface area (Å²) in [6.45, 7) is 10.2.